The molecule has 0 fully saturated rings. The number of hydrogen-bond donors (Lipinski definition) is 0. The second-order valence-electron chi connectivity index (χ2n) is 3.70. The van der Waals surface area contributed by atoms with Crippen LogP contribution in [0.2, 0.25) is 10.0 Å². The largest absolute Gasteiger partial charge is 0.497 e. The average molecular weight is 283 g/mol. The van der Waals surface area contributed by atoms with Gasteiger partial charge in [0.25, 0.3) is 0 Å². The lowest BCUT2D eigenvalue weighted by Gasteiger charge is -2.12. The molecule has 0 aliphatic carbocycles. The van der Waals surface area contributed by atoms with Crippen molar-refractivity contribution >= 4 is 23.2 Å². The molecule has 0 atom stereocenters. The van der Waals surface area contributed by atoms with E-state index in [0.717, 1.165) is 11.1 Å². The van der Waals surface area contributed by atoms with Gasteiger partial charge >= 0.3 is 0 Å². The molecule has 0 heterocycles. The molecule has 2 aromatic carbocycles. The molecule has 18 heavy (non-hydrogen) atoms. The maximum Gasteiger partial charge on any atom is 0.145 e. The van der Waals surface area contributed by atoms with Gasteiger partial charge in [-0.15, -0.1) is 0 Å². The van der Waals surface area contributed by atoms with Crippen LogP contribution >= 0.6 is 23.2 Å². The Morgan fingerprint density at radius 3 is 2.33 bits per heavy atom. The van der Waals surface area contributed by atoms with Crippen molar-refractivity contribution in [3.05, 3.63) is 46.4 Å². The molecule has 0 aliphatic rings. The molecule has 2 rings (SSSR count). The summed E-state index contributed by atoms with van der Waals surface area (Å²) in [6.45, 7) is 0. The standard InChI is InChI=1S/C14H12Cl2O2/c1-17-11-7-12(14(18-2)13(16)8-11)9-4-3-5-10(15)6-9/h3-8H,1-2H3. The predicted molar refractivity (Wildman–Crippen MR) is 75.0 cm³/mol. The molecule has 0 N–H and O–H groups in total. The molecule has 2 nitrogen and oxygen atoms in total. The molecule has 0 aromatic heterocycles. The van der Waals surface area contributed by atoms with Crippen LogP contribution < -0.4 is 9.47 Å². The summed E-state index contributed by atoms with van der Waals surface area (Å²) >= 11 is 12.2. The lowest BCUT2D eigenvalue weighted by molar-refractivity contribution is 0.404. The van der Waals surface area contributed by atoms with Crippen LogP contribution in [0.15, 0.2) is 36.4 Å². The van der Waals surface area contributed by atoms with E-state index in [1.165, 1.54) is 0 Å². The molecule has 0 spiro atoms. The lowest BCUT2D eigenvalue weighted by atomic mass is 10.0. The van der Waals surface area contributed by atoms with E-state index in [1.807, 2.05) is 30.3 Å². The highest BCUT2D eigenvalue weighted by molar-refractivity contribution is 6.33. The second-order valence-corrected chi connectivity index (χ2v) is 4.54. The minimum atomic E-state index is 0.506. The van der Waals surface area contributed by atoms with E-state index in [0.29, 0.717) is 21.5 Å². The average Bonchev–Trinajstić information content (AvgIpc) is 2.37. The number of methoxy groups -OCH3 is 2. The van der Waals surface area contributed by atoms with Gasteiger partial charge in [-0.05, 0) is 23.8 Å². The van der Waals surface area contributed by atoms with E-state index >= 15 is 0 Å². The van der Waals surface area contributed by atoms with E-state index in [4.69, 9.17) is 32.7 Å². The van der Waals surface area contributed by atoms with Gasteiger partial charge in [-0.3, -0.25) is 0 Å². The number of benzene rings is 2. The first-order valence-corrected chi connectivity index (χ1v) is 6.08. The Hall–Kier alpha value is -1.38. The summed E-state index contributed by atoms with van der Waals surface area (Å²) in [6, 6.07) is 11.1. The van der Waals surface area contributed by atoms with Crippen LogP contribution in [0.4, 0.5) is 0 Å². The van der Waals surface area contributed by atoms with Crippen molar-refractivity contribution in [3.8, 4) is 22.6 Å². The smallest absolute Gasteiger partial charge is 0.145 e. The first-order valence-electron chi connectivity index (χ1n) is 5.33. The summed E-state index contributed by atoms with van der Waals surface area (Å²) in [5.74, 6) is 1.29. The Bertz CT molecular complexity index is 568. The monoisotopic (exact) mass is 282 g/mol. The number of rotatable bonds is 3. The number of halogens is 2. The summed E-state index contributed by atoms with van der Waals surface area (Å²) in [5.41, 5.74) is 1.78. The van der Waals surface area contributed by atoms with Crippen LogP contribution in [0.3, 0.4) is 0 Å². The van der Waals surface area contributed by atoms with Gasteiger partial charge in [-0.2, -0.15) is 0 Å². The zero-order valence-electron chi connectivity index (χ0n) is 10.0. The highest BCUT2D eigenvalue weighted by atomic mass is 35.5. The Morgan fingerprint density at radius 2 is 1.72 bits per heavy atom. The predicted octanol–water partition coefficient (Wildman–Crippen LogP) is 4.68. The number of hydrogen-bond acceptors (Lipinski definition) is 2. The Labute approximate surface area is 116 Å². The van der Waals surface area contributed by atoms with Crippen molar-refractivity contribution in [1.29, 1.82) is 0 Å². The molecule has 0 bridgehead atoms. The van der Waals surface area contributed by atoms with E-state index in [2.05, 4.69) is 0 Å². The quantitative estimate of drug-likeness (QED) is 0.814. The normalized spacial score (nSPS) is 10.2. The maximum atomic E-state index is 6.17. The van der Waals surface area contributed by atoms with Crippen LogP contribution in [0, 0.1) is 0 Å². The first kappa shape index (κ1) is 13.1. The fourth-order valence-electron chi connectivity index (χ4n) is 1.76. The first-order chi connectivity index (χ1) is 8.65. The molecular formula is C14H12Cl2O2. The van der Waals surface area contributed by atoms with E-state index in [-0.39, 0.29) is 0 Å². The summed E-state index contributed by atoms with van der Waals surface area (Å²) in [5, 5.41) is 1.17. The molecule has 0 radical (unpaired) electrons. The maximum absolute atomic E-state index is 6.17. The third-order valence-corrected chi connectivity index (χ3v) is 3.11. The molecule has 4 heteroatoms. The topological polar surface area (TPSA) is 18.5 Å². The molecule has 0 saturated carbocycles. The summed E-state index contributed by atoms with van der Waals surface area (Å²) in [7, 11) is 3.18. The van der Waals surface area contributed by atoms with Crippen LogP contribution in [0.25, 0.3) is 11.1 Å². The van der Waals surface area contributed by atoms with Gasteiger partial charge in [0.2, 0.25) is 0 Å². The molecule has 2 aromatic rings. The van der Waals surface area contributed by atoms with Crippen molar-refractivity contribution in [2.45, 2.75) is 0 Å². The van der Waals surface area contributed by atoms with Crippen LogP contribution in [0.1, 0.15) is 0 Å². The van der Waals surface area contributed by atoms with Gasteiger partial charge in [0.1, 0.15) is 11.5 Å². The van der Waals surface area contributed by atoms with Gasteiger partial charge in [0.05, 0.1) is 19.2 Å². The Kier molecular flexibility index (Phi) is 4.00. The van der Waals surface area contributed by atoms with E-state index in [1.54, 1.807) is 20.3 Å². The van der Waals surface area contributed by atoms with E-state index in [9.17, 15) is 0 Å². The zero-order chi connectivity index (χ0) is 13.1. The van der Waals surface area contributed by atoms with Crippen molar-refractivity contribution in [2.24, 2.45) is 0 Å². The van der Waals surface area contributed by atoms with Crippen molar-refractivity contribution in [3.63, 3.8) is 0 Å². The highest BCUT2D eigenvalue weighted by Gasteiger charge is 2.12. The van der Waals surface area contributed by atoms with Crippen LogP contribution in [-0.4, -0.2) is 14.2 Å². The van der Waals surface area contributed by atoms with E-state index < -0.39 is 0 Å². The third kappa shape index (κ3) is 2.55. The Balaban J connectivity index is 2.64. The summed E-state index contributed by atoms with van der Waals surface area (Å²) < 4.78 is 10.6. The summed E-state index contributed by atoms with van der Waals surface area (Å²) in [4.78, 5) is 0. The van der Waals surface area contributed by atoms with Crippen LogP contribution in [0.5, 0.6) is 11.5 Å². The van der Waals surface area contributed by atoms with Gasteiger partial charge in [0, 0.05) is 16.7 Å². The van der Waals surface area contributed by atoms with Crippen molar-refractivity contribution in [1.82, 2.24) is 0 Å². The van der Waals surface area contributed by atoms with Crippen molar-refractivity contribution in [2.75, 3.05) is 14.2 Å². The molecule has 0 aliphatic heterocycles. The Morgan fingerprint density at radius 1 is 0.944 bits per heavy atom. The third-order valence-electron chi connectivity index (χ3n) is 2.59. The molecule has 0 amide bonds. The highest BCUT2D eigenvalue weighted by Crippen LogP contribution is 2.40. The van der Waals surface area contributed by atoms with Crippen molar-refractivity contribution < 1.29 is 9.47 Å². The molecular weight excluding hydrogens is 271 g/mol. The van der Waals surface area contributed by atoms with Gasteiger partial charge in [0.15, 0.2) is 0 Å². The zero-order valence-corrected chi connectivity index (χ0v) is 11.5. The minimum absolute atomic E-state index is 0.506. The lowest BCUT2D eigenvalue weighted by Crippen LogP contribution is -1.92. The molecule has 0 unspecified atom stereocenters. The minimum Gasteiger partial charge on any atom is -0.497 e. The second kappa shape index (κ2) is 5.51. The fraction of sp³-hybridized carbons (Fsp3) is 0.143. The van der Waals surface area contributed by atoms with Gasteiger partial charge < -0.3 is 9.47 Å². The summed E-state index contributed by atoms with van der Waals surface area (Å²) in [6.07, 6.45) is 0. The molecule has 0 saturated heterocycles. The van der Waals surface area contributed by atoms with Gasteiger partial charge in [-0.25, -0.2) is 0 Å². The SMILES string of the molecule is COc1cc(Cl)c(OC)c(-c2cccc(Cl)c2)c1. The number of ether oxygens (including phenoxy) is 2. The van der Waals surface area contributed by atoms with Crippen LogP contribution in [-0.2, 0) is 0 Å². The van der Waals surface area contributed by atoms with Gasteiger partial charge in [-0.1, -0.05) is 35.3 Å². The molecule has 94 valence electrons. The fourth-order valence-corrected chi connectivity index (χ4v) is 2.24.